The van der Waals surface area contributed by atoms with Gasteiger partial charge in [0.15, 0.2) is 5.75 Å². The molecule has 1 unspecified atom stereocenters. The van der Waals surface area contributed by atoms with Crippen molar-refractivity contribution in [2.24, 2.45) is 4.99 Å². The summed E-state index contributed by atoms with van der Waals surface area (Å²) in [5, 5.41) is 1.96. The first kappa shape index (κ1) is 15.6. The molecule has 2 heterocycles. The summed E-state index contributed by atoms with van der Waals surface area (Å²) in [4.78, 5) is 21.5. The molecule has 0 spiro atoms. The monoisotopic (exact) mass is 357 g/mol. The lowest BCUT2D eigenvalue weighted by atomic mass is 10.2. The summed E-state index contributed by atoms with van der Waals surface area (Å²) in [7, 11) is 1.48. The molecule has 1 aliphatic heterocycles. The van der Waals surface area contributed by atoms with Crippen LogP contribution < -0.4 is 10.3 Å². The summed E-state index contributed by atoms with van der Waals surface area (Å²) in [5.41, 5.74) is 0.163. The minimum absolute atomic E-state index is 0.0786. The van der Waals surface area contributed by atoms with Crippen molar-refractivity contribution in [3.05, 3.63) is 32.8 Å². The SMILES string of the molecule is COc1c(Cl)cc(Cl)c2c(=O)n(CC3CSC(C)=N3)cnc12. The summed E-state index contributed by atoms with van der Waals surface area (Å²) in [6, 6.07) is 1.58. The van der Waals surface area contributed by atoms with Gasteiger partial charge in [-0.1, -0.05) is 23.2 Å². The van der Waals surface area contributed by atoms with Crippen LogP contribution in [0.2, 0.25) is 10.0 Å². The van der Waals surface area contributed by atoms with Crippen molar-refractivity contribution in [2.75, 3.05) is 12.9 Å². The number of hydrogen-bond donors (Lipinski definition) is 0. The highest BCUT2D eigenvalue weighted by atomic mass is 35.5. The average Bonchev–Trinajstić information content (AvgIpc) is 2.87. The standard InChI is InChI=1S/C14H13Cl2N3O2S/c1-7-18-8(5-22-7)4-19-6-17-12-11(14(19)20)9(15)3-10(16)13(12)21-2/h3,6,8H,4-5H2,1-2H3. The van der Waals surface area contributed by atoms with E-state index >= 15 is 0 Å². The first-order chi connectivity index (χ1) is 10.5. The van der Waals surface area contributed by atoms with Crippen LogP contribution in [-0.4, -0.2) is 33.5 Å². The maximum Gasteiger partial charge on any atom is 0.262 e. The Morgan fingerprint density at radius 3 is 2.86 bits per heavy atom. The van der Waals surface area contributed by atoms with Crippen molar-refractivity contribution in [3.8, 4) is 5.75 Å². The molecular formula is C14H13Cl2N3O2S. The zero-order valence-electron chi connectivity index (χ0n) is 12.0. The van der Waals surface area contributed by atoms with Gasteiger partial charge in [-0.15, -0.1) is 11.8 Å². The Kier molecular flexibility index (Phi) is 4.34. The lowest BCUT2D eigenvalue weighted by Crippen LogP contribution is -2.26. The van der Waals surface area contributed by atoms with E-state index in [0.29, 0.717) is 28.2 Å². The number of hydrogen-bond acceptors (Lipinski definition) is 5. The first-order valence-electron chi connectivity index (χ1n) is 6.59. The Labute approximate surface area is 141 Å². The highest BCUT2D eigenvalue weighted by Crippen LogP contribution is 2.35. The molecular weight excluding hydrogens is 345 g/mol. The molecule has 3 rings (SSSR count). The second kappa shape index (κ2) is 6.10. The molecule has 0 N–H and O–H groups in total. The maximum absolute atomic E-state index is 12.7. The molecule has 0 aliphatic carbocycles. The van der Waals surface area contributed by atoms with Crippen LogP contribution in [0.25, 0.3) is 10.9 Å². The maximum atomic E-state index is 12.7. The van der Waals surface area contributed by atoms with Crippen LogP contribution in [0.15, 0.2) is 22.2 Å². The van der Waals surface area contributed by atoms with Crippen molar-refractivity contribution < 1.29 is 4.74 Å². The van der Waals surface area contributed by atoms with Gasteiger partial charge in [0, 0.05) is 5.75 Å². The van der Waals surface area contributed by atoms with Crippen molar-refractivity contribution >= 4 is 50.9 Å². The highest BCUT2D eigenvalue weighted by molar-refractivity contribution is 8.14. The summed E-state index contributed by atoms with van der Waals surface area (Å²) < 4.78 is 6.77. The third kappa shape index (κ3) is 2.71. The van der Waals surface area contributed by atoms with Gasteiger partial charge in [0.25, 0.3) is 5.56 Å². The topological polar surface area (TPSA) is 56.5 Å². The van der Waals surface area contributed by atoms with Crippen LogP contribution in [-0.2, 0) is 6.54 Å². The van der Waals surface area contributed by atoms with E-state index in [9.17, 15) is 4.79 Å². The molecule has 0 fully saturated rings. The van der Waals surface area contributed by atoms with Crippen LogP contribution in [0, 0.1) is 0 Å². The Morgan fingerprint density at radius 1 is 1.45 bits per heavy atom. The predicted octanol–water partition coefficient (Wildman–Crippen LogP) is 3.25. The van der Waals surface area contributed by atoms with E-state index in [1.54, 1.807) is 11.8 Å². The van der Waals surface area contributed by atoms with Crippen molar-refractivity contribution in [1.29, 1.82) is 0 Å². The number of ether oxygens (including phenoxy) is 1. The number of benzene rings is 1. The molecule has 2 aromatic rings. The van der Waals surface area contributed by atoms with E-state index in [4.69, 9.17) is 27.9 Å². The van der Waals surface area contributed by atoms with Crippen LogP contribution in [0.1, 0.15) is 6.92 Å². The Bertz CT molecular complexity index is 835. The molecule has 1 atom stereocenters. The quantitative estimate of drug-likeness (QED) is 0.845. The summed E-state index contributed by atoms with van der Waals surface area (Å²) in [6.07, 6.45) is 1.49. The van der Waals surface area contributed by atoms with Gasteiger partial charge < -0.3 is 4.74 Å². The average molecular weight is 358 g/mol. The minimum atomic E-state index is -0.213. The number of thioether (sulfide) groups is 1. The van der Waals surface area contributed by atoms with E-state index in [1.165, 1.54) is 24.1 Å². The second-order valence-electron chi connectivity index (χ2n) is 4.91. The number of rotatable bonds is 3. The minimum Gasteiger partial charge on any atom is -0.493 e. The number of methoxy groups -OCH3 is 1. The highest BCUT2D eigenvalue weighted by Gasteiger charge is 2.20. The van der Waals surface area contributed by atoms with Crippen LogP contribution >= 0.6 is 35.0 Å². The Morgan fingerprint density at radius 2 is 2.23 bits per heavy atom. The molecule has 22 heavy (non-hydrogen) atoms. The largest absolute Gasteiger partial charge is 0.493 e. The van der Waals surface area contributed by atoms with E-state index in [1.807, 2.05) is 6.92 Å². The number of halogens is 2. The smallest absolute Gasteiger partial charge is 0.262 e. The lowest BCUT2D eigenvalue weighted by Gasteiger charge is -2.12. The Balaban J connectivity index is 2.12. The van der Waals surface area contributed by atoms with Crippen LogP contribution in [0.3, 0.4) is 0 Å². The lowest BCUT2D eigenvalue weighted by molar-refractivity contribution is 0.419. The molecule has 116 valence electrons. The number of nitrogens with zero attached hydrogens (tertiary/aromatic N) is 3. The predicted molar refractivity (Wildman–Crippen MR) is 91.9 cm³/mol. The third-order valence-electron chi connectivity index (χ3n) is 3.42. The fraction of sp³-hybridized carbons (Fsp3) is 0.357. The molecule has 5 nitrogen and oxygen atoms in total. The molecule has 8 heteroatoms. The zero-order valence-corrected chi connectivity index (χ0v) is 14.3. The number of aliphatic imine (C=N–C) groups is 1. The fourth-order valence-corrected chi connectivity index (χ4v) is 3.88. The molecule has 0 bridgehead atoms. The van der Waals surface area contributed by atoms with E-state index in [-0.39, 0.29) is 16.6 Å². The van der Waals surface area contributed by atoms with E-state index < -0.39 is 0 Å². The van der Waals surface area contributed by atoms with Gasteiger partial charge in [-0.25, -0.2) is 4.98 Å². The molecule has 0 saturated carbocycles. The van der Waals surface area contributed by atoms with Gasteiger partial charge in [-0.05, 0) is 13.0 Å². The first-order valence-corrected chi connectivity index (χ1v) is 8.33. The van der Waals surface area contributed by atoms with Gasteiger partial charge in [0.2, 0.25) is 0 Å². The van der Waals surface area contributed by atoms with Gasteiger partial charge in [0.1, 0.15) is 5.52 Å². The van der Waals surface area contributed by atoms with Crippen molar-refractivity contribution in [2.45, 2.75) is 19.5 Å². The summed E-state index contributed by atoms with van der Waals surface area (Å²) in [5.74, 6) is 1.23. The normalized spacial score (nSPS) is 17.8. The van der Waals surface area contributed by atoms with Gasteiger partial charge in [-0.2, -0.15) is 0 Å². The van der Waals surface area contributed by atoms with Crippen molar-refractivity contribution in [1.82, 2.24) is 9.55 Å². The Hall–Kier alpha value is -1.24. The number of aromatic nitrogens is 2. The van der Waals surface area contributed by atoms with Gasteiger partial charge in [0.05, 0.1) is 46.5 Å². The fourth-order valence-electron chi connectivity index (χ4n) is 2.43. The summed E-state index contributed by atoms with van der Waals surface area (Å²) in [6.45, 7) is 2.45. The third-order valence-corrected chi connectivity index (χ3v) is 5.08. The number of fused-ring (bicyclic) bond motifs is 1. The van der Waals surface area contributed by atoms with E-state index in [0.717, 1.165) is 10.8 Å². The molecule has 1 aliphatic rings. The van der Waals surface area contributed by atoms with E-state index in [2.05, 4.69) is 9.98 Å². The summed E-state index contributed by atoms with van der Waals surface area (Å²) >= 11 is 14.0. The molecule has 0 amide bonds. The van der Waals surface area contributed by atoms with Crippen molar-refractivity contribution in [3.63, 3.8) is 0 Å². The van der Waals surface area contributed by atoms with Gasteiger partial charge in [-0.3, -0.25) is 14.4 Å². The second-order valence-corrected chi connectivity index (χ2v) is 6.94. The van der Waals surface area contributed by atoms with Crippen LogP contribution in [0.5, 0.6) is 5.75 Å². The molecule has 0 saturated heterocycles. The molecule has 1 aromatic heterocycles. The molecule has 1 aromatic carbocycles. The van der Waals surface area contributed by atoms with Crippen LogP contribution in [0.4, 0.5) is 0 Å². The zero-order chi connectivity index (χ0) is 15.9. The molecule has 0 radical (unpaired) electrons. The van der Waals surface area contributed by atoms with Gasteiger partial charge >= 0.3 is 0 Å².